The predicted molar refractivity (Wildman–Crippen MR) is 54.9 cm³/mol. The Morgan fingerprint density at radius 1 is 1.47 bits per heavy atom. The van der Waals surface area contributed by atoms with Gasteiger partial charge in [0, 0.05) is 0 Å². The molecule has 2 aliphatic carbocycles. The summed E-state index contributed by atoms with van der Waals surface area (Å²) in [5.74, 6) is 3.15. The lowest BCUT2D eigenvalue weighted by Gasteiger charge is -2.23. The van der Waals surface area contributed by atoms with Crippen molar-refractivity contribution in [1.82, 2.24) is 15.2 Å². The monoisotopic (exact) mass is 207 g/mol. The van der Waals surface area contributed by atoms with Gasteiger partial charge in [0.1, 0.15) is 12.4 Å². The molecular weight excluding hydrogens is 190 g/mol. The fourth-order valence-corrected chi connectivity index (χ4v) is 3.44. The molecule has 0 spiro atoms. The van der Waals surface area contributed by atoms with E-state index in [9.17, 15) is 5.11 Å². The topological polar surface area (TPSA) is 61.8 Å². The summed E-state index contributed by atoms with van der Waals surface area (Å²) in [7, 11) is 0. The molecule has 2 fully saturated rings. The van der Waals surface area contributed by atoms with Crippen LogP contribution in [0.25, 0.3) is 0 Å². The largest absolute Gasteiger partial charge is 0.385 e. The van der Waals surface area contributed by atoms with Crippen LogP contribution < -0.4 is 0 Å². The molecular formula is C11H17N3O. The Morgan fingerprint density at radius 3 is 3.00 bits per heavy atom. The lowest BCUT2D eigenvalue weighted by molar-refractivity contribution is 0.118. The summed E-state index contributed by atoms with van der Waals surface area (Å²) in [6.45, 7) is 0. The average molecular weight is 207 g/mol. The SMILES string of the molecule is OC(CC1CC2CCC1C2)c1ncn[nH]1. The first-order valence-electron chi connectivity index (χ1n) is 5.86. The number of nitrogens with zero attached hydrogens (tertiary/aromatic N) is 2. The van der Waals surface area contributed by atoms with Gasteiger partial charge in [0.05, 0.1) is 0 Å². The van der Waals surface area contributed by atoms with E-state index in [4.69, 9.17) is 0 Å². The number of fused-ring (bicyclic) bond motifs is 2. The van der Waals surface area contributed by atoms with Crippen molar-refractivity contribution in [3.8, 4) is 0 Å². The highest BCUT2D eigenvalue weighted by Crippen LogP contribution is 2.50. The standard InChI is InChI=1S/C11H17N3O/c15-10(11-12-6-13-14-11)5-9-4-7-1-2-8(9)3-7/h6-10,15H,1-5H2,(H,12,13,14). The van der Waals surface area contributed by atoms with E-state index < -0.39 is 6.10 Å². The van der Waals surface area contributed by atoms with Crippen LogP contribution in [-0.4, -0.2) is 20.3 Å². The molecule has 82 valence electrons. The molecule has 4 nitrogen and oxygen atoms in total. The summed E-state index contributed by atoms with van der Waals surface area (Å²) in [4.78, 5) is 4.00. The first-order valence-corrected chi connectivity index (χ1v) is 5.86. The van der Waals surface area contributed by atoms with Crippen molar-refractivity contribution in [2.45, 2.75) is 38.2 Å². The van der Waals surface area contributed by atoms with E-state index >= 15 is 0 Å². The van der Waals surface area contributed by atoms with Gasteiger partial charge < -0.3 is 5.11 Å². The first-order chi connectivity index (χ1) is 7.33. The van der Waals surface area contributed by atoms with Crippen LogP contribution >= 0.6 is 0 Å². The number of hydrogen-bond acceptors (Lipinski definition) is 3. The number of aliphatic hydroxyl groups is 1. The number of nitrogens with one attached hydrogen (secondary N) is 1. The maximum Gasteiger partial charge on any atom is 0.153 e. The van der Waals surface area contributed by atoms with Gasteiger partial charge in [0.2, 0.25) is 0 Å². The number of aromatic amines is 1. The van der Waals surface area contributed by atoms with Gasteiger partial charge in [0.25, 0.3) is 0 Å². The van der Waals surface area contributed by atoms with Crippen LogP contribution in [0.4, 0.5) is 0 Å². The van der Waals surface area contributed by atoms with Gasteiger partial charge in [-0.25, -0.2) is 4.98 Å². The minimum Gasteiger partial charge on any atom is -0.385 e. The second-order valence-electron chi connectivity index (χ2n) is 5.06. The Balaban J connectivity index is 1.62. The summed E-state index contributed by atoms with van der Waals surface area (Å²) in [6, 6.07) is 0. The van der Waals surface area contributed by atoms with E-state index in [1.807, 2.05) is 0 Å². The van der Waals surface area contributed by atoms with Crippen LogP contribution in [0.3, 0.4) is 0 Å². The maximum absolute atomic E-state index is 9.96. The molecule has 3 rings (SSSR count). The lowest BCUT2D eigenvalue weighted by Crippen LogP contribution is -2.15. The van der Waals surface area contributed by atoms with Crippen molar-refractivity contribution in [3.05, 3.63) is 12.2 Å². The molecule has 0 aliphatic heterocycles. The maximum atomic E-state index is 9.96. The second-order valence-corrected chi connectivity index (χ2v) is 5.06. The van der Waals surface area contributed by atoms with Crippen molar-refractivity contribution < 1.29 is 5.11 Å². The molecule has 1 heterocycles. The smallest absolute Gasteiger partial charge is 0.153 e. The van der Waals surface area contributed by atoms with Gasteiger partial charge in [0.15, 0.2) is 5.82 Å². The molecule has 1 aromatic rings. The molecule has 0 radical (unpaired) electrons. The van der Waals surface area contributed by atoms with E-state index in [1.165, 1.54) is 32.0 Å². The molecule has 4 atom stereocenters. The quantitative estimate of drug-likeness (QED) is 0.792. The minimum absolute atomic E-state index is 0.447. The molecule has 1 aromatic heterocycles. The number of rotatable bonds is 3. The zero-order valence-electron chi connectivity index (χ0n) is 8.76. The van der Waals surface area contributed by atoms with Gasteiger partial charge in [-0.2, -0.15) is 5.10 Å². The number of hydrogen-bond donors (Lipinski definition) is 2. The summed E-state index contributed by atoms with van der Waals surface area (Å²) in [6.07, 6.45) is 7.37. The molecule has 4 heteroatoms. The zero-order valence-corrected chi connectivity index (χ0v) is 8.76. The van der Waals surface area contributed by atoms with Gasteiger partial charge in [-0.05, 0) is 43.4 Å². The lowest BCUT2D eigenvalue weighted by atomic mass is 9.85. The van der Waals surface area contributed by atoms with Crippen molar-refractivity contribution in [1.29, 1.82) is 0 Å². The summed E-state index contributed by atoms with van der Waals surface area (Å²) in [5, 5.41) is 16.5. The van der Waals surface area contributed by atoms with Crippen LogP contribution in [-0.2, 0) is 0 Å². The summed E-state index contributed by atoms with van der Waals surface area (Å²) < 4.78 is 0. The molecule has 2 aliphatic rings. The fourth-order valence-electron chi connectivity index (χ4n) is 3.44. The Hall–Kier alpha value is -0.900. The fraction of sp³-hybridized carbons (Fsp3) is 0.818. The van der Waals surface area contributed by atoms with Gasteiger partial charge in [-0.1, -0.05) is 6.42 Å². The van der Waals surface area contributed by atoms with Crippen molar-refractivity contribution in [2.24, 2.45) is 17.8 Å². The molecule has 15 heavy (non-hydrogen) atoms. The first kappa shape index (κ1) is 9.33. The molecule has 0 amide bonds. The van der Waals surface area contributed by atoms with Crippen LogP contribution in [0.1, 0.15) is 44.0 Å². The minimum atomic E-state index is -0.447. The highest BCUT2D eigenvalue weighted by Gasteiger charge is 2.40. The van der Waals surface area contributed by atoms with Gasteiger partial charge in [-0.3, -0.25) is 5.10 Å². The van der Waals surface area contributed by atoms with Crippen molar-refractivity contribution in [2.75, 3.05) is 0 Å². The van der Waals surface area contributed by atoms with Gasteiger partial charge >= 0.3 is 0 Å². The predicted octanol–water partition coefficient (Wildman–Crippen LogP) is 1.66. The molecule has 2 bridgehead atoms. The van der Waals surface area contributed by atoms with Crippen molar-refractivity contribution in [3.63, 3.8) is 0 Å². The number of H-pyrrole nitrogens is 1. The van der Waals surface area contributed by atoms with Crippen LogP contribution in [0.2, 0.25) is 0 Å². The summed E-state index contributed by atoms with van der Waals surface area (Å²) >= 11 is 0. The highest BCUT2D eigenvalue weighted by molar-refractivity contribution is 4.94. The van der Waals surface area contributed by atoms with E-state index in [1.54, 1.807) is 0 Å². The van der Waals surface area contributed by atoms with E-state index in [2.05, 4.69) is 15.2 Å². The Morgan fingerprint density at radius 2 is 2.40 bits per heavy atom. The van der Waals surface area contributed by atoms with Crippen LogP contribution in [0.15, 0.2) is 6.33 Å². The third kappa shape index (κ3) is 1.67. The number of aliphatic hydroxyl groups excluding tert-OH is 1. The Kier molecular flexibility index (Phi) is 2.24. The van der Waals surface area contributed by atoms with E-state index in [0.717, 1.165) is 18.3 Å². The average Bonchev–Trinajstić information content (AvgIpc) is 2.95. The Bertz CT molecular complexity index is 325. The third-order valence-electron chi connectivity index (χ3n) is 4.16. The molecule has 0 saturated heterocycles. The molecule has 4 unspecified atom stereocenters. The summed E-state index contributed by atoms with van der Waals surface area (Å²) in [5.41, 5.74) is 0. The van der Waals surface area contributed by atoms with Gasteiger partial charge in [-0.15, -0.1) is 0 Å². The molecule has 0 aromatic carbocycles. The van der Waals surface area contributed by atoms with Crippen LogP contribution in [0.5, 0.6) is 0 Å². The highest BCUT2D eigenvalue weighted by atomic mass is 16.3. The molecule has 2 saturated carbocycles. The van der Waals surface area contributed by atoms with E-state index in [0.29, 0.717) is 11.7 Å². The van der Waals surface area contributed by atoms with Crippen molar-refractivity contribution >= 4 is 0 Å². The normalized spacial score (nSPS) is 35.9. The molecule has 2 N–H and O–H groups in total. The Labute approximate surface area is 89.1 Å². The van der Waals surface area contributed by atoms with E-state index in [-0.39, 0.29) is 0 Å². The third-order valence-corrected chi connectivity index (χ3v) is 4.16. The zero-order chi connectivity index (χ0) is 10.3. The number of aromatic nitrogens is 3. The second kappa shape index (κ2) is 3.59. The van der Waals surface area contributed by atoms with Crippen LogP contribution in [0, 0.1) is 17.8 Å².